The standard InChI is InChI=1S/C30H36F2N6O5Si/c1-36(2)16-25(30(40)41)38-29(39)21-9-7-6-8-20(21)22(35-38)14-28-34-23-13-26(43-17-27(31)32)19(15-33)12-24(23)37(28)18-42-10-11-44(3,4)5/h6-9,12-13,25,27H,10-11,14,16-18H2,1-5H3,(H,40,41). The number of fused-ring (bicyclic) bond motifs is 2. The van der Waals surface area contributed by atoms with Gasteiger partial charge in [0.05, 0.1) is 34.1 Å². The second-order valence-corrected chi connectivity index (χ2v) is 17.6. The normalized spacial score (nSPS) is 12.7. The number of nitriles is 1. The van der Waals surface area contributed by atoms with E-state index < -0.39 is 38.7 Å². The molecule has 4 aromatic rings. The summed E-state index contributed by atoms with van der Waals surface area (Å²) in [5.74, 6) is -0.746. The van der Waals surface area contributed by atoms with E-state index in [2.05, 4.69) is 24.7 Å². The predicted molar refractivity (Wildman–Crippen MR) is 164 cm³/mol. The number of aliphatic carboxylic acids is 1. The molecule has 1 atom stereocenters. The molecule has 14 heteroatoms. The Balaban J connectivity index is 1.86. The van der Waals surface area contributed by atoms with Crippen LogP contribution in [0.1, 0.15) is 23.1 Å². The second-order valence-electron chi connectivity index (χ2n) is 12.0. The fourth-order valence-corrected chi connectivity index (χ4v) is 5.50. The van der Waals surface area contributed by atoms with Crippen LogP contribution in [0.25, 0.3) is 21.8 Å². The lowest BCUT2D eigenvalue weighted by Gasteiger charge is -2.20. The first kappa shape index (κ1) is 32.7. The number of hydrogen-bond donors (Lipinski definition) is 1. The van der Waals surface area contributed by atoms with E-state index in [0.717, 1.165) is 10.7 Å². The monoisotopic (exact) mass is 626 g/mol. The Hall–Kier alpha value is -4.19. The molecular weight excluding hydrogens is 590 g/mol. The number of benzene rings is 2. The summed E-state index contributed by atoms with van der Waals surface area (Å²) >= 11 is 0. The Morgan fingerprint density at radius 1 is 1.18 bits per heavy atom. The maximum Gasteiger partial charge on any atom is 0.330 e. The summed E-state index contributed by atoms with van der Waals surface area (Å²) in [6.45, 7) is 6.48. The van der Waals surface area contributed by atoms with E-state index in [1.165, 1.54) is 12.1 Å². The third-order valence-corrected chi connectivity index (χ3v) is 8.68. The SMILES string of the molecule is CN(C)CC(C(=O)O)n1nc(Cc2nc3cc(OCC(F)F)c(C#N)cc3n2COCC[Si](C)(C)C)c2ccccc2c1=O. The number of aromatic nitrogens is 4. The topological polar surface area (TPSA) is 136 Å². The third-order valence-electron chi connectivity index (χ3n) is 6.98. The van der Waals surface area contributed by atoms with Crippen LogP contribution in [-0.2, 0) is 22.7 Å². The predicted octanol–water partition coefficient (Wildman–Crippen LogP) is 4.35. The van der Waals surface area contributed by atoms with Crippen molar-refractivity contribution in [3.63, 3.8) is 0 Å². The van der Waals surface area contributed by atoms with Gasteiger partial charge in [-0.05, 0) is 32.3 Å². The molecule has 0 fully saturated rings. The summed E-state index contributed by atoms with van der Waals surface area (Å²) in [5.41, 5.74) is 0.881. The molecule has 0 aliphatic rings. The maximum atomic E-state index is 13.4. The van der Waals surface area contributed by atoms with Gasteiger partial charge < -0.3 is 24.0 Å². The zero-order valence-corrected chi connectivity index (χ0v) is 26.4. The van der Waals surface area contributed by atoms with Crippen molar-refractivity contribution in [2.45, 2.75) is 51.3 Å². The number of carboxylic acids is 1. The summed E-state index contributed by atoms with van der Waals surface area (Å²) < 4.78 is 39.8. The van der Waals surface area contributed by atoms with E-state index in [4.69, 9.17) is 14.5 Å². The average molecular weight is 627 g/mol. The van der Waals surface area contributed by atoms with Crippen LogP contribution in [-0.4, -0.2) is 83.7 Å². The Labute approximate surface area is 254 Å². The number of rotatable bonds is 14. The molecule has 0 aliphatic heterocycles. The molecule has 2 aromatic carbocycles. The Kier molecular flexibility index (Phi) is 10.1. The molecule has 44 heavy (non-hydrogen) atoms. The molecule has 4 rings (SSSR count). The van der Waals surface area contributed by atoms with Crippen LogP contribution in [0.5, 0.6) is 5.75 Å². The van der Waals surface area contributed by atoms with Crippen LogP contribution < -0.4 is 10.3 Å². The lowest BCUT2D eigenvalue weighted by molar-refractivity contribution is -0.141. The molecule has 2 aromatic heterocycles. The molecule has 1 N–H and O–H groups in total. The molecule has 0 saturated carbocycles. The van der Waals surface area contributed by atoms with E-state index in [1.54, 1.807) is 47.8 Å². The first-order valence-electron chi connectivity index (χ1n) is 14.1. The first-order chi connectivity index (χ1) is 20.8. The number of nitrogens with zero attached hydrogens (tertiary/aromatic N) is 6. The molecule has 0 saturated heterocycles. The minimum atomic E-state index is -2.72. The van der Waals surface area contributed by atoms with E-state index in [1.807, 2.05) is 6.07 Å². The number of hydrogen-bond acceptors (Lipinski definition) is 8. The Bertz CT molecular complexity index is 1760. The maximum absolute atomic E-state index is 13.4. The number of carbonyl (C=O) groups is 1. The van der Waals surface area contributed by atoms with Crippen molar-refractivity contribution < 1.29 is 28.2 Å². The first-order valence-corrected chi connectivity index (χ1v) is 17.8. The van der Waals surface area contributed by atoms with Gasteiger partial charge in [-0.15, -0.1) is 0 Å². The van der Waals surface area contributed by atoms with Crippen molar-refractivity contribution in [1.82, 2.24) is 24.2 Å². The third kappa shape index (κ3) is 7.65. The van der Waals surface area contributed by atoms with Gasteiger partial charge in [0.25, 0.3) is 12.0 Å². The number of halogens is 2. The van der Waals surface area contributed by atoms with E-state index in [0.29, 0.717) is 39.9 Å². The smallest absolute Gasteiger partial charge is 0.330 e. The highest BCUT2D eigenvalue weighted by atomic mass is 28.3. The van der Waals surface area contributed by atoms with Crippen LogP contribution in [0.4, 0.5) is 8.78 Å². The van der Waals surface area contributed by atoms with Crippen molar-refractivity contribution in [1.29, 1.82) is 5.26 Å². The largest absolute Gasteiger partial charge is 0.486 e. The van der Waals surface area contributed by atoms with Crippen LogP contribution in [0.2, 0.25) is 25.7 Å². The van der Waals surface area contributed by atoms with Gasteiger partial charge in [-0.1, -0.05) is 37.8 Å². The number of alkyl halides is 2. The van der Waals surface area contributed by atoms with Gasteiger partial charge in [-0.2, -0.15) is 10.4 Å². The number of likely N-dealkylation sites (N-methyl/N-ethyl adjacent to an activating group) is 1. The van der Waals surface area contributed by atoms with Gasteiger partial charge in [0.2, 0.25) is 0 Å². The molecule has 11 nitrogen and oxygen atoms in total. The lowest BCUT2D eigenvalue weighted by atomic mass is 10.1. The molecular formula is C30H36F2N6O5Si. The zero-order valence-electron chi connectivity index (χ0n) is 25.4. The summed E-state index contributed by atoms with van der Waals surface area (Å²) in [6, 6.07) is 11.5. The summed E-state index contributed by atoms with van der Waals surface area (Å²) in [5, 5.41) is 25.1. The van der Waals surface area contributed by atoms with E-state index in [-0.39, 0.29) is 31.0 Å². The summed E-state index contributed by atoms with van der Waals surface area (Å²) in [4.78, 5) is 32.1. The number of ether oxygens (including phenoxy) is 2. The molecule has 234 valence electrons. The van der Waals surface area contributed by atoms with Crippen LogP contribution in [0, 0.1) is 11.3 Å². The van der Waals surface area contributed by atoms with Gasteiger partial charge in [-0.3, -0.25) is 4.79 Å². The van der Waals surface area contributed by atoms with Crippen LogP contribution in [0.3, 0.4) is 0 Å². The van der Waals surface area contributed by atoms with Gasteiger partial charge in [0.1, 0.15) is 31.0 Å². The fraction of sp³-hybridized carbons (Fsp3) is 0.433. The quantitative estimate of drug-likeness (QED) is 0.160. The van der Waals surface area contributed by atoms with Crippen molar-refractivity contribution in [2.75, 3.05) is 33.9 Å². The highest BCUT2D eigenvalue weighted by molar-refractivity contribution is 6.76. The van der Waals surface area contributed by atoms with Gasteiger partial charge in [-0.25, -0.2) is 23.2 Å². The average Bonchev–Trinajstić information content (AvgIpc) is 3.28. The van der Waals surface area contributed by atoms with Gasteiger partial charge >= 0.3 is 5.97 Å². The van der Waals surface area contributed by atoms with E-state index in [9.17, 15) is 28.7 Å². The van der Waals surface area contributed by atoms with Crippen molar-refractivity contribution in [3.05, 3.63) is 63.8 Å². The van der Waals surface area contributed by atoms with Crippen molar-refractivity contribution >= 4 is 35.8 Å². The second kappa shape index (κ2) is 13.6. The number of imidazole rings is 1. The minimum Gasteiger partial charge on any atom is -0.486 e. The Morgan fingerprint density at radius 2 is 1.89 bits per heavy atom. The van der Waals surface area contributed by atoms with Gasteiger partial charge in [0.15, 0.2) is 6.04 Å². The highest BCUT2D eigenvalue weighted by Crippen LogP contribution is 2.29. The molecule has 0 bridgehead atoms. The summed E-state index contributed by atoms with van der Waals surface area (Å²) in [7, 11) is 2.03. The van der Waals surface area contributed by atoms with Gasteiger partial charge in [0, 0.05) is 32.7 Å². The minimum absolute atomic E-state index is 0.0127. The van der Waals surface area contributed by atoms with Crippen molar-refractivity contribution in [2.24, 2.45) is 0 Å². The molecule has 0 amide bonds. The molecule has 1 unspecified atom stereocenters. The lowest BCUT2D eigenvalue weighted by Crippen LogP contribution is -2.38. The zero-order chi connectivity index (χ0) is 32.2. The number of carboxylic acid groups (broad SMARTS) is 1. The molecule has 0 radical (unpaired) electrons. The molecule has 0 spiro atoms. The molecule has 2 heterocycles. The fourth-order valence-electron chi connectivity index (χ4n) is 4.75. The highest BCUT2D eigenvalue weighted by Gasteiger charge is 2.26. The Morgan fingerprint density at radius 3 is 2.50 bits per heavy atom. The van der Waals surface area contributed by atoms with Crippen molar-refractivity contribution in [3.8, 4) is 11.8 Å². The van der Waals surface area contributed by atoms with Crippen LogP contribution >= 0.6 is 0 Å². The summed E-state index contributed by atoms with van der Waals surface area (Å²) in [6.07, 6.45) is -2.64. The van der Waals surface area contributed by atoms with Crippen LogP contribution in [0.15, 0.2) is 41.2 Å². The molecule has 0 aliphatic carbocycles. The van der Waals surface area contributed by atoms with E-state index >= 15 is 0 Å².